The highest BCUT2D eigenvalue weighted by Gasteiger charge is 2.10. The first kappa shape index (κ1) is 22.9. The highest BCUT2D eigenvalue weighted by atomic mass is 35.5. The van der Waals surface area contributed by atoms with Crippen LogP contribution in [0.1, 0.15) is 25.0 Å². The lowest BCUT2D eigenvalue weighted by molar-refractivity contribution is -0.134. The zero-order valence-corrected chi connectivity index (χ0v) is 17.8. The standard InChI is InChI=1S/C23H28ClNO4/c1-16(12-23(27)28-3)19-10-8-18(9-11-19)13-17(2)25-14-20(26)15-29-22-7-5-4-6-21(22)24/h4-12,17,20,25-26H,13-15H2,1-3H3/t17?,20-/m1/s1. The number of benzene rings is 2. The number of halogens is 1. The van der Waals surface area contributed by atoms with Crippen molar-refractivity contribution in [2.75, 3.05) is 20.3 Å². The molecule has 0 amide bonds. The summed E-state index contributed by atoms with van der Waals surface area (Å²) in [7, 11) is 1.36. The fourth-order valence-electron chi connectivity index (χ4n) is 2.79. The van der Waals surface area contributed by atoms with Crippen molar-refractivity contribution in [1.82, 2.24) is 5.32 Å². The topological polar surface area (TPSA) is 67.8 Å². The van der Waals surface area contributed by atoms with Gasteiger partial charge >= 0.3 is 5.97 Å². The molecule has 0 aliphatic heterocycles. The van der Waals surface area contributed by atoms with E-state index in [0.29, 0.717) is 17.3 Å². The van der Waals surface area contributed by atoms with E-state index < -0.39 is 6.10 Å². The number of aliphatic hydroxyl groups is 1. The summed E-state index contributed by atoms with van der Waals surface area (Å²) in [4.78, 5) is 11.3. The van der Waals surface area contributed by atoms with Gasteiger partial charge in [0, 0.05) is 18.7 Å². The molecule has 0 bridgehead atoms. The molecule has 0 aliphatic rings. The van der Waals surface area contributed by atoms with E-state index in [1.165, 1.54) is 18.7 Å². The molecule has 0 heterocycles. The van der Waals surface area contributed by atoms with E-state index in [9.17, 15) is 9.90 Å². The Bertz CT molecular complexity index is 820. The van der Waals surface area contributed by atoms with Crippen molar-refractivity contribution in [2.24, 2.45) is 0 Å². The highest BCUT2D eigenvalue weighted by Crippen LogP contribution is 2.23. The molecule has 0 spiro atoms. The summed E-state index contributed by atoms with van der Waals surface area (Å²) in [6.07, 6.45) is 1.66. The van der Waals surface area contributed by atoms with E-state index in [4.69, 9.17) is 16.3 Å². The minimum absolute atomic E-state index is 0.171. The lowest BCUT2D eigenvalue weighted by atomic mass is 10.0. The monoisotopic (exact) mass is 417 g/mol. The Labute approximate surface area is 177 Å². The number of methoxy groups -OCH3 is 1. The van der Waals surface area contributed by atoms with E-state index >= 15 is 0 Å². The van der Waals surface area contributed by atoms with Crippen LogP contribution in [0.15, 0.2) is 54.6 Å². The molecular formula is C23H28ClNO4. The number of ether oxygens (including phenoxy) is 2. The van der Waals surface area contributed by atoms with Gasteiger partial charge < -0.3 is 19.9 Å². The zero-order chi connectivity index (χ0) is 21.2. The van der Waals surface area contributed by atoms with E-state index in [1.807, 2.05) is 43.3 Å². The number of hydrogen-bond donors (Lipinski definition) is 2. The second kappa shape index (κ2) is 11.6. The first-order valence-electron chi connectivity index (χ1n) is 9.53. The number of allylic oxidation sites excluding steroid dienone is 1. The molecule has 5 nitrogen and oxygen atoms in total. The van der Waals surface area contributed by atoms with Crippen LogP contribution in [0.3, 0.4) is 0 Å². The molecule has 2 N–H and O–H groups in total. The summed E-state index contributed by atoms with van der Waals surface area (Å²) < 4.78 is 10.2. The number of nitrogens with one attached hydrogen (secondary N) is 1. The summed E-state index contributed by atoms with van der Waals surface area (Å²) in [5.41, 5.74) is 3.00. The van der Waals surface area contributed by atoms with Crippen LogP contribution >= 0.6 is 11.6 Å². The third-order valence-electron chi connectivity index (χ3n) is 4.46. The Morgan fingerprint density at radius 1 is 1.21 bits per heavy atom. The van der Waals surface area contributed by atoms with Gasteiger partial charge in [-0.25, -0.2) is 4.79 Å². The Balaban J connectivity index is 1.77. The van der Waals surface area contributed by atoms with Crippen LogP contribution in [0.25, 0.3) is 5.57 Å². The van der Waals surface area contributed by atoms with Crippen LogP contribution in [0.2, 0.25) is 5.02 Å². The maximum atomic E-state index is 11.3. The van der Waals surface area contributed by atoms with Gasteiger partial charge in [0.15, 0.2) is 0 Å². The third kappa shape index (κ3) is 7.89. The summed E-state index contributed by atoms with van der Waals surface area (Å²) >= 11 is 6.04. The second-order valence-corrected chi connectivity index (χ2v) is 7.36. The van der Waals surface area contributed by atoms with E-state index in [-0.39, 0.29) is 18.6 Å². The van der Waals surface area contributed by atoms with Gasteiger partial charge in [0.05, 0.1) is 12.1 Å². The van der Waals surface area contributed by atoms with Crippen molar-refractivity contribution in [3.05, 3.63) is 70.8 Å². The first-order chi connectivity index (χ1) is 13.9. The van der Waals surface area contributed by atoms with Gasteiger partial charge in [-0.3, -0.25) is 0 Å². The van der Waals surface area contributed by atoms with Gasteiger partial charge in [-0.2, -0.15) is 0 Å². The maximum absolute atomic E-state index is 11.3. The Morgan fingerprint density at radius 2 is 1.90 bits per heavy atom. The molecule has 0 radical (unpaired) electrons. The largest absolute Gasteiger partial charge is 0.489 e. The predicted molar refractivity (Wildman–Crippen MR) is 116 cm³/mol. The van der Waals surface area contributed by atoms with Crippen LogP contribution in [0, 0.1) is 0 Å². The fourth-order valence-corrected chi connectivity index (χ4v) is 2.98. The van der Waals surface area contributed by atoms with E-state index in [2.05, 4.69) is 17.0 Å². The van der Waals surface area contributed by atoms with Gasteiger partial charge in [-0.05, 0) is 49.1 Å². The second-order valence-electron chi connectivity index (χ2n) is 6.96. The van der Waals surface area contributed by atoms with E-state index in [1.54, 1.807) is 12.1 Å². The minimum atomic E-state index is -0.637. The summed E-state index contributed by atoms with van der Waals surface area (Å²) in [6, 6.07) is 15.4. The van der Waals surface area contributed by atoms with Gasteiger partial charge in [0.2, 0.25) is 0 Å². The van der Waals surface area contributed by atoms with Gasteiger partial charge in [-0.1, -0.05) is 48.0 Å². The van der Waals surface area contributed by atoms with Gasteiger partial charge in [0.25, 0.3) is 0 Å². The molecule has 2 atom stereocenters. The molecule has 0 saturated heterocycles. The number of rotatable bonds is 10. The Hall–Kier alpha value is -2.34. The van der Waals surface area contributed by atoms with E-state index in [0.717, 1.165) is 17.6 Å². The molecule has 0 fully saturated rings. The first-order valence-corrected chi connectivity index (χ1v) is 9.91. The Kier molecular flexibility index (Phi) is 9.19. The predicted octanol–water partition coefficient (Wildman–Crippen LogP) is 3.88. The van der Waals surface area contributed by atoms with Gasteiger partial charge in [0.1, 0.15) is 18.5 Å². The third-order valence-corrected chi connectivity index (χ3v) is 4.77. The molecule has 156 valence electrons. The normalized spacial score (nSPS) is 13.6. The van der Waals surface area contributed by atoms with Crippen molar-refractivity contribution in [3.8, 4) is 5.75 Å². The molecule has 1 unspecified atom stereocenters. The average Bonchev–Trinajstić information content (AvgIpc) is 2.72. The zero-order valence-electron chi connectivity index (χ0n) is 17.0. The molecule has 2 rings (SSSR count). The molecule has 0 aromatic heterocycles. The minimum Gasteiger partial charge on any atom is -0.489 e. The lowest BCUT2D eigenvalue weighted by Gasteiger charge is -2.18. The quantitative estimate of drug-likeness (QED) is 0.453. The van der Waals surface area contributed by atoms with Crippen molar-refractivity contribution < 1.29 is 19.4 Å². The van der Waals surface area contributed by atoms with Crippen molar-refractivity contribution in [2.45, 2.75) is 32.4 Å². The van der Waals surface area contributed by atoms with Crippen molar-refractivity contribution >= 4 is 23.1 Å². The van der Waals surface area contributed by atoms with Crippen LogP contribution in [0.5, 0.6) is 5.75 Å². The van der Waals surface area contributed by atoms with Crippen LogP contribution in [-0.4, -0.2) is 43.5 Å². The molecule has 6 heteroatoms. The molecule has 29 heavy (non-hydrogen) atoms. The molecule has 2 aromatic carbocycles. The number of esters is 1. The SMILES string of the molecule is COC(=O)C=C(C)c1ccc(CC(C)NC[C@@H](O)COc2ccccc2Cl)cc1. The molecule has 0 aliphatic carbocycles. The fraction of sp³-hybridized carbons (Fsp3) is 0.348. The average molecular weight is 418 g/mol. The molecular weight excluding hydrogens is 390 g/mol. The number of para-hydroxylation sites is 1. The van der Waals surface area contributed by atoms with Crippen molar-refractivity contribution in [3.63, 3.8) is 0 Å². The smallest absolute Gasteiger partial charge is 0.330 e. The number of aliphatic hydroxyl groups excluding tert-OH is 1. The Morgan fingerprint density at radius 3 is 2.55 bits per heavy atom. The summed E-state index contributed by atoms with van der Waals surface area (Å²) in [6.45, 7) is 4.54. The van der Waals surface area contributed by atoms with Crippen molar-refractivity contribution in [1.29, 1.82) is 0 Å². The lowest BCUT2D eigenvalue weighted by Crippen LogP contribution is -2.37. The number of carbonyl (C=O) groups is 1. The summed E-state index contributed by atoms with van der Waals surface area (Å²) in [5, 5.41) is 14.0. The maximum Gasteiger partial charge on any atom is 0.330 e. The molecule has 2 aromatic rings. The van der Waals surface area contributed by atoms with Crippen LogP contribution in [-0.2, 0) is 16.0 Å². The number of carbonyl (C=O) groups excluding carboxylic acids is 1. The van der Waals surface area contributed by atoms with Crippen LogP contribution < -0.4 is 10.1 Å². The van der Waals surface area contributed by atoms with Gasteiger partial charge in [-0.15, -0.1) is 0 Å². The summed E-state index contributed by atoms with van der Waals surface area (Å²) in [5.74, 6) is 0.208. The van der Waals surface area contributed by atoms with Crippen LogP contribution in [0.4, 0.5) is 0 Å². The number of hydrogen-bond acceptors (Lipinski definition) is 5. The molecule has 0 saturated carbocycles. The highest BCUT2D eigenvalue weighted by molar-refractivity contribution is 6.32.